The van der Waals surface area contributed by atoms with Crippen molar-refractivity contribution in [2.75, 3.05) is 7.11 Å². The van der Waals surface area contributed by atoms with E-state index in [2.05, 4.69) is 5.32 Å². The standard InChI is InChI=1S/C23H29N3O5/c1-5-20(23(28)24-16(2)3)25(15-17-9-8-11-19(13-17)31-4)22(27)14-18-10-6-7-12-21(18)26(29)30/h6-13,16,20H,5,14-15H2,1-4H3,(H,24,28). The summed E-state index contributed by atoms with van der Waals surface area (Å²) in [5.41, 5.74) is 0.996. The summed E-state index contributed by atoms with van der Waals surface area (Å²) in [6.45, 7) is 5.72. The summed E-state index contributed by atoms with van der Waals surface area (Å²) in [5, 5.41) is 14.2. The predicted molar refractivity (Wildman–Crippen MR) is 118 cm³/mol. The number of amides is 2. The zero-order chi connectivity index (χ0) is 23.0. The molecule has 0 heterocycles. The van der Waals surface area contributed by atoms with Gasteiger partial charge in [-0.3, -0.25) is 19.7 Å². The number of ether oxygens (including phenoxy) is 1. The first-order valence-corrected chi connectivity index (χ1v) is 10.2. The van der Waals surface area contributed by atoms with Crippen molar-refractivity contribution in [1.29, 1.82) is 0 Å². The van der Waals surface area contributed by atoms with Gasteiger partial charge in [0.2, 0.25) is 11.8 Å². The lowest BCUT2D eigenvalue weighted by Gasteiger charge is -2.31. The minimum absolute atomic E-state index is 0.0782. The van der Waals surface area contributed by atoms with Crippen LogP contribution in [0.5, 0.6) is 5.75 Å². The second kappa shape index (κ2) is 11.1. The van der Waals surface area contributed by atoms with Gasteiger partial charge in [-0.2, -0.15) is 0 Å². The minimum atomic E-state index is -0.705. The molecule has 0 spiro atoms. The Bertz CT molecular complexity index is 929. The number of nitro benzene ring substituents is 1. The average molecular weight is 428 g/mol. The Hall–Kier alpha value is -3.42. The molecule has 0 aromatic heterocycles. The number of hydrogen-bond donors (Lipinski definition) is 1. The number of methoxy groups -OCH3 is 1. The Morgan fingerprint density at radius 2 is 1.87 bits per heavy atom. The lowest BCUT2D eigenvalue weighted by atomic mass is 10.0. The van der Waals surface area contributed by atoms with Crippen molar-refractivity contribution < 1.29 is 19.2 Å². The van der Waals surface area contributed by atoms with E-state index in [0.717, 1.165) is 5.56 Å². The van der Waals surface area contributed by atoms with Crippen LogP contribution in [0.2, 0.25) is 0 Å². The van der Waals surface area contributed by atoms with E-state index in [4.69, 9.17) is 4.74 Å². The SMILES string of the molecule is CCC(C(=O)NC(C)C)N(Cc1cccc(OC)c1)C(=O)Cc1ccccc1[N+](=O)[O-]. The molecule has 0 saturated carbocycles. The summed E-state index contributed by atoms with van der Waals surface area (Å²) in [5.74, 6) is 0.0301. The highest BCUT2D eigenvalue weighted by Crippen LogP contribution is 2.22. The van der Waals surface area contributed by atoms with Crippen LogP contribution in [0.1, 0.15) is 38.3 Å². The summed E-state index contributed by atoms with van der Waals surface area (Å²) in [6, 6.07) is 12.6. The van der Waals surface area contributed by atoms with Crippen molar-refractivity contribution in [1.82, 2.24) is 10.2 Å². The van der Waals surface area contributed by atoms with Crippen LogP contribution in [0.25, 0.3) is 0 Å². The van der Waals surface area contributed by atoms with Crippen molar-refractivity contribution in [2.24, 2.45) is 0 Å². The molecule has 2 amide bonds. The number of nitrogens with zero attached hydrogens (tertiary/aromatic N) is 2. The maximum atomic E-state index is 13.3. The van der Waals surface area contributed by atoms with Crippen LogP contribution in [-0.4, -0.2) is 40.8 Å². The summed E-state index contributed by atoms with van der Waals surface area (Å²) in [4.78, 5) is 38.5. The molecule has 0 radical (unpaired) electrons. The largest absolute Gasteiger partial charge is 0.497 e. The van der Waals surface area contributed by atoms with Gasteiger partial charge >= 0.3 is 0 Å². The zero-order valence-corrected chi connectivity index (χ0v) is 18.3. The number of nitrogens with one attached hydrogen (secondary N) is 1. The van der Waals surface area contributed by atoms with Crippen molar-refractivity contribution in [3.05, 3.63) is 69.8 Å². The third-order valence-corrected chi connectivity index (χ3v) is 4.83. The van der Waals surface area contributed by atoms with E-state index in [1.54, 1.807) is 37.4 Å². The minimum Gasteiger partial charge on any atom is -0.497 e. The second-order valence-corrected chi connectivity index (χ2v) is 7.52. The number of carbonyl (C=O) groups is 2. The number of rotatable bonds is 10. The Labute approximate surface area is 182 Å². The molecular formula is C23H29N3O5. The molecule has 8 nitrogen and oxygen atoms in total. The van der Waals surface area contributed by atoms with Crippen molar-refractivity contribution >= 4 is 17.5 Å². The van der Waals surface area contributed by atoms with Gasteiger partial charge in [-0.1, -0.05) is 37.3 Å². The molecule has 31 heavy (non-hydrogen) atoms. The molecule has 8 heteroatoms. The van der Waals surface area contributed by atoms with E-state index in [0.29, 0.717) is 17.7 Å². The van der Waals surface area contributed by atoms with Crippen LogP contribution in [0.3, 0.4) is 0 Å². The number of benzene rings is 2. The highest BCUT2D eigenvalue weighted by molar-refractivity contribution is 5.89. The third-order valence-electron chi connectivity index (χ3n) is 4.83. The van der Waals surface area contributed by atoms with Gasteiger partial charge < -0.3 is 15.0 Å². The molecule has 2 aromatic rings. The zero-order valence-electron chi connectivity index (χ0n) is 18.3. The average Bonchev–Trinajstić information content (AvgIpc) is 2.73. The van der Waals surface area contributed by atoms with Gasteiger partial charge in [-0.25, -0.2) is 0 Å². The molecule has 0 saturated heterocycles. The van der Waals surface area contributed by atoms with E-state index in [1.807, 2.05) is 32.9 Å². The fraction of sp³-hybridized carbons (Fsp3) is 0.391. The summed E-state index contributed by atoms with van der Waals surface area (Å²) in [7, 11) is 1.56. The Morgan fingerprint density at radius 1 is 1.16 bits per heavy atom. The number of carbonyl (C=O) groups excluding carboxylic acids is 2. The first kappa shape index (κ1) is 23.9. The molecule has 1 atom stereocenters. The van der Waals surface area contributed by atoms with Crippen LogP contribution >= 0.6 is 0 Å². The Kier molecular flexibility index (Phi) is 8.54. The molecule has 0 fully saturated rings. The highest BCUT2D eigenvalue weighted by Gasteiger charge is 2.30. The second-order valence-electron chi connectivity index (χ2n) is 7.52. The molecule has 2 rings (SSSR count). The van der Waals surface area contributed by atoms with Gasteiger partial charge in [-0.05, 0) is 38.0 Å². The lowest BCUT2D eigenvalue weighted by molar-refractivity contribution is -0.385. The van der Waals surface area contributed by atoms with Crippen LogP contribution < -0.4 is 10.1 Å². The molecular weight excluding hydrogens is 398 g/mol. The summed E-state index contributed by atoms with van der Waals surface area (Å²) in [6.07, 6.45) is 0.234. The Morgan fingerprint density at radius 3 is 2.48 bits per heavy atom. The molecule has 166 valence electrons. The predicted octanol–water partition coefficient (Wildman–Crippen LogP) is 3.48. The number of nitro groups is 1. The van der Waals surface area contributed by atoms with Gasteiger partial charge in [0.25, 0.3) is 5.69 Å². The van der Waals surface area contributed by atoms with E-state index in [-0.39, 0.29) is 36.5 Å². The van der Waals surface area contributed by atoms with E-state index in [1.165, 1.54) is 11.0 Å². The summed E-state index contributed by atoms with van der Waals surface area (Å²) < 4.78 is 5.26. The molecule has 2 aromatic carbocycles. The molecule has 1 unspecified atom stereocenters. The third kappa shape index (κ3) is 6.53. The fourth-order valence-corrected chi connectivity index (χ4v) is 3.37. The number of para-hydroxylation sites is 1. The molecule has 0 aliphatic heterocycles. The summed E-state index contributed by atoms with van der Waals surface area (Å²) >= 11 is 0. The fourth-order valence-electron chi connectivity index (χ4n) is 3.37. The maximum absolute atomic E-state index is 13.3. The molecule has 1 N–H and O–H groups in total. The van der Waals surface area contributed by atoms with Crippen LogP contribution in [-0.2, 0) is 22.6 Å². The van der Waals surface area contributed by atoms with Crippen molar-refractivity contribution in [2.45, 2.75) is 52.2 Å². The van der Waals surface area contributed by atoms with Gasteiger partial charge in [-0.15, -0.1) is 0 Å². The quantitative estimate of drug-likeness (QED) is 0.462. The monoisotopic (exact) mass is 427 g/mol. The number of hydrogen-bond acceptors (Lipinski definition) is 5. The topological polar surface area (TPSA) is 102 Å². The van der Waals surface area contributed by atoms with Gasteiger partial charge in [0.05, 0.1) is 18.5 Å². The first-order chi connectivity index (χ1) is 14.8. The highest BCUT2D eigenvalue weighted by atomic mass is 16.6. The lowest BCUT2D eigenvalue weighted by Crippen LogP contribution is -2.50. The van der Waals surface area contributed by atoms with E-state index >= 15 is 0 Å². The van der Waals surface area contributed by atoms with Crippen molar-refractivity contribution in [3.63, 3.8) is 0 Å². The van der Waals surface area contributed by atoms with Gasteiger partial charge in [0.15, 0.2) is 0 Å². The van der Waals surface area contributed by atoms with Gasteiger partial charge in [0, 0.05) is 24.2 Å². The van der Waals surface area contributed by atoms with Crippen LogP contribution in [0.4, 0.5) is 5.69 Å². The Balaban J connectivity index is 2.38. The molecule has 0 bridgehead atoms. The van der Waals surface area contributed by atoms with E-state index in [9.17, 15) is 19.7 Å². The van der Waals surface area contributed by atoms with Crippen LogP contribution in [0, 0.1) is 10.1 Å². The first-order valence-electron chi connectivity index (χ1n) is 10.2. The maximum Gasteiger partial charge on any atom is 0.273 e. The van der Waals surface area contributed by atoms with Gasteiger partial charge in [0.1, 0.15) is 11.8 Å². The van der Waals surface area contributed by atoms with Crippen molar-refractivity contribution in [3.8, 4) is 5.75 Å². The smallest absolute Gasteiger partial charge is 0.273 e. The molecule has 0 aliphatic carbocycles. The van der Waals surface area contributed by atoms with Crippen LogP contribution in [0.15, 0.2) is 48.5 Å². The molecule has 0 aliphatic rings. The van der Waals surface area contributed by atoms with E-state index < -0.39 is 11.0 Å². The normalized spacial score (nSPS) is 11.6.